The van der Waals surface area contributed by atoms with Crippen molar-refractivity contribution in [2.24, 2.45) is 0 Å². The Bertz CT molecular complexity index is 585. The molecule has 0 aliphatic carbocycles. The summed E-state index contributed by atoms with van der Waals surface area (Å²) in [5.74, 6) is 0. The van der Waals surface area contributed by atoms with E-state index in [9.17, 15) is 4.79 Å². The molecule has 4 nitrogen and oxygen atoms in total. The Morgan fingerprint density at radius 2 is 2.28 bits per heavy atom. The van der Waals surface area contributed by atoms with E-state index < -0.39 is 0 Å². The topological polar surface area (TPSA) is 46.9 Å². The highest BCUT2D eigenvalue weighted by atomic mass is 32.1. The lowest BCUT2D eigenvalue weighted by Crippen LogP contribution is -2.41. The SMILES string of the molecule is CCC(C)(C)NCCn1cnc2ccsc2c1=O. The fourth-order valence-electron chi connectivity index (χ4n) is 1.68. The zero-order valence-electron chi connectivity index (χ0n) is 11.1. The number of hydrogen-bond donors (Lipinski definition) is 1. The molecule has 98 valence electrons. The van der Waals surface area contributed by atoms with Crippen molar-refractivity contribution >= 4 is 21.6 Å². The molecule has 0 saturated heterocycles. The molecule has 0 bridgehead atoms. The van der Waals surface area contributed by atoms with Gasteiger partial charge in [0.2, 0.25) is 0 Å². The summed E-state index contributed by atoms with van der Waals surface area (Å²) >= 11 is 1.46. The first kappa shape index (κ1) is 13.2. The minimum absolute atomic E-state index is 0.0612. The third-order valence-corrected chi connectivity index (χ3v) is 4.17. The second-order valence-electron chi connectivity index (χ2n) is 5.04. The van der Waals surface area contributed by atoms with Gasteiger partial charge in [-0.05, 0) is 31.7 Å². The number of nitrogens with one attached hydrogen (secondary N) is 1. The summed E-state index contributed by atoms with van der Waals surface area (Å²) in [4.78, 5) is 16.4. The van der Waals surface area contributed by atoms with Crippen LogP contribution in [0.3, 0.4) is 0 Å². The molecule has 0 fully saturated rings. The van der Waals surface area contributed by atoms with Gasteiger partial charge >= 0.3 is 0 Å². The van der Waals surface area contributed by atoms with Gasteiger partial charge in [-0.1, -0.05) is 6.92 Å². The van der Waals surface area contributed by atoms with Crippen LogP contribution in [0.25, 0.3) is 10.2 Å². The lowest BCUT2D eigenvalue weighted by molar-refractivity contribution is 0.366. The molecule has 0 aliphatic rings. The summed E-state index contributed by atoms with van der Waals surface area (Å²) in [7, 11) is 0. The molecule has 18 heavy (non-hydrogen) atoms. The highest BCUT2D eigenvalue weighted by Gasteiger charge is 2.13. The number of rotatable bonds is 5. The van der Waals surface area contributed by atoms with E-state index in [2.05, 4.69) is 31.1 Å². The van der Waals surface area contributed by atoms with Crippen molar-refractivity contribution in [2.75, 3.05) is 6.54 Å². The summed E-state index contributed by atoms with van der Waals surface area (Å²) in [5, 5.41) is 5.35. The van der Waals surface area contributed by atoms with Gasteiger partial charge in [0.15, 0.2) is 0 Å². The van der Waals surface area contributed by atoms with Crippen molar-refractivity contribution in [1.29, 1.82) is 0 Å². The van der Waals surface area contributed by atoms with Crippen LogP contribution < -0.4 is 10.9 Å². The first-order chi connectivity index (χ1) is 8.53. The van der Waals surface area contributed by atoms with Gasteiger partial charge < -0.3 is 5.32 Å². The summed E-state index contributed by atoms with van der Waals surface area (Å²) < 4.78 is 2.42. The Kier molecular flexibility index (Phi) is 3.82. The second kappa shape index (κ2) is 5.20. The first-order valence-electron chi connectivity index (χ1n) is 6.21. The molecule has 0 aliphatic heterocycles. The van der Waals surface area contributed by atoms with Gasteiger partial charge in [-0.3, -0.25) is 9.36 Å². The highest BCUT2D eigenvalue weighted by molar-refractivity contribution is 7.17. The Morgan fingerprint density at radius 1 is 1.50 bits per heavy atom. The van der Waals surface area contributed by atoms with E-state index in [1.807, 2.05) is 11.4 Å². The van der Waals surface area contributed by atoms with Gasteiger partial charge in [-0.25, -0.2) is 4.98 Å². The summed E-state index contributed by atoms with van der Waals surface area (Å²) in [6, 6.07) is 1.88. The maximum absolute atomic E-state index is 12.1. The van der Waals surface area contributed by atoms with Gasteiger partial charge in [0.25, 0.3) is 5.56 Å². The number of aromatic nitrogens is 2. The summed E-state index contributed by atoms with van der Waals surface area (Å²) in [5.41, 5.74) is 0.971. The van der Waals surface area contributed by atoms with E-state index in [0.717, 1.165) is 23.2 Å². The zero-order chi connectivity index (χ0) is 13.2. The van der Waals surface area contributed by atoms with Crippen LogP contribution in [0.15, 0.2) is 22.6 Å². The molecule has 0 aromatic carbocycles. The van der Waals surface area contributed by atoms with Crippen LogP contribution in [-0.4, -0.2) is 21.6 Å². The van der Waals surface area contributed by atoms with Crippen molar-refractivity contribution in [2.45, 2.75) is 39.3 Å². The standard InChI is InChI=1S/C13H19N3OS/c1-4-13(2,3)15-6-7-16-9-14-10-5-8-18-11(10)12(16)17/h5,8-9,15H,4,6-7H2,1-3H3. The maximum Gasteiger partial charge on any atom is 0.271 e. The number of thiophene rings is 1. The van der Waals surface area contributed by atoms with Gasteiger partial charge in [0.1, 0.15) is 4.70 Å². The quantitative estimate of drug-likeness (QED) is 0.902. The number of hydrogen-bond acceptors (Lipinski definition) is 4. The van der Waals surface area contributed by atoms with Crippen LogP contribution in [0.1, 0.15) is 27.2 Å². The molecule has 5 heteroatoms. The maximum atomic E-state index is 12.1. The monoisotopic (exact) mass is 265 g/mol. The molecule has 0 unspecified atom stereocenters. The third kappa shape index (κ3) is 2.79. The third-order valence-electron chi connectivity index (χ3n) is 3.28. The average molecular weight is 265 g/mol. The van der Waals surface area contributed by atoms with Crippen LogP contribution in [0.5, 0.6) is 0 Å². The van der Waals surface area contributed by atoms with E-state index in [0.29, 0.717) is 6.54 Å². The van der Waals surface area contributed by atoms with E-state index in [-0.39, 0.29) is 11.1 Å². The highest BCUT2D eigenvalue weighted by Crippen LogP contribution is 2.13. The molecular weight excluding hydrogens is 246 g/mol. The predicted molar refractivity (Wildman–Crippen MR) is 76.3 cm³/mol. The van der Waals surface area contributed by atoms with Gasteiger partial charge in [-0.15, -0.1) is 11.3 Å². The van der Waals surface area contributed by atoms with E-state index in [1.54, 1.807) is 10.9 Å². The largest absolute Gasteiger partial charge is 0.310 e. The van der Waals surface area contributed by atoms with Crippen LogP contribution in [0.2, 0.25) is 0 Å². The Hall–Kier alpha value is -1.20. The molecule has 2 heterocycles. The predicted octanol–water partition coefficient (Wildman–Crippen LogP) is 2.24. The van der Waals surface area contributed by atoms with Gasteiger partial charge in [-0.2, -0.15) is 0 Å². The smallest absolute Gasteiger partial charge is 0.271 e. The van der Waals surface area contributed by atoms with Crippen LogP contribution in [-0.2, 0) is 6.54 Å². The van der Waals surface area contributed by atoms with Crippen molar-refractivity contribution in [3.63, 3.8) is 0 Å². The Labute approximate surface area is 111 Å². The molecule has 0 saturated carbocycles. The zero-order valence-corrected chi connectivity index (χ0v) is 11.9. The lowest BCUT2D eigenvalue weighted by atomic mass is 10.0. The van der Waals surface area contributed by atoms with Crippen molar-refractivity contribution in [1.82, 2.24) is 14.9 Å². The minimum atomic E-state index is 0.0612. The Morgan fingerprint density at radius 3 is 3.00 bits per heavy atom. The first-order valence-corrected chi connectivity index (χ1v) is 7.09. The lowest BCUT2D eigenvalue weighted by Gasteiger charge is -2.24. The molecule has 0 radical (unpaired) electrons. The van der Waals surface area contributed by atoms with E-state index >= 15 is 0 Å². The van der Waals surface area contributed by atoms with Crippen LogP contribution >= 0.6 is 11.3 Å². The molecular formula is C13H19N3OS. The van der Waals surface area contributed by atoms with Crippen molar-refractivity contribution < 1.29 is 0 Å². The van der Waals surface area contributed by atoms with E-state index in [1.165, 1.54) is 11.3 Å². The normalized spacial score (nSPS) is 12.2. The summed E-state index contributed by atoms with van der Waals surface area (Å²) in [6.07, 6.45) is 2.70. The number of nitrogens with zero attached hydrogens (tertiary/aromatic N) is 2. The van der Waals surface area contributed by atoms with Gasteiger partial charge in [0, 0.05) is 18.6 Å². The van der Waals surface area contributed by atoms with Crippen molar-refractivity contribution in [3.8, 4) is 0 Å². The summed E-state index contributed by atoms with van der Waals surface area (Å²) in [6.45, 7) is 7.91. The van der Waals surface area contributed by atoms with Crippen molar-refractivity contribution in [3.05, 3.63) is 28.1 Å². The average Bonchev–Trinajstić information content (AvgIpc) is 2.81. The molecule has 2 aromatic heterocycles. The molecule has 2 aromatic rings. The molecule has 2 rings (SSSR count). The number of fused-ring (bicyclic) bond motifs is 1. The molecule has 0 amide bonds. The minimum Gasteiger partial charge on any atom is -0.310 e. The Balaban J connectivity index is 2.08. The molecule has 0 spiro atoms. The fraction of sp³-hybridized carbons (Fsp3) is 0.538. The van der Waals surface area contributed by atoms with Crippen LogP contribution in [0, 0.1) is 0 Å². The second-order valence-corrected chi connectivity index (χ2v) is 5.96. The van der Waals surface area contributed by atoms with E-state index in [4.69, 9.17) is 0 Å². The molecule has 1 N–H and O–H groups in total. The van der Waals surface area contributed by atoms with Gasteiger partial charge in [0.05, 0.1) is 11.8 Å². The van der Waals surface area contributed by atoms with Crippen LogP contribution in [0.4, 0.5) is 0 Å². The fourth-order valence-corrected chi connectivity index (χ4v) is 2.47. The molecule has 0 atom stereocenters.